The second-order valence-corrected chi connectivity index (χ2v) is 12.9. The van der Waals surface area contributed by atoms with Crippen molar-refractivity contribution in [3.63, 3.8) is 0 Å². The van der Waals surface area contributed by atoms with Crippen LogP contribution in [0.3, 0.4) is 0 Å². The molecule has 0 spiro atoms. The number of Topliss-reactive ketones (excluding diaryl/α,β-unsaturated/α-hetero) is 1. The van der Waals surface area contributed by atoms with Gasteiger partial charge in [0, 0.05) is 47.4 Å². The summed E-state index contributed by atoms with van der Waals surface area (Å²) >= 11 is 0. The summed E-state index contributed by atoms with van der Waals surface area (Å²) in [5, 5.41) is 5.98. The fraction of sp³-hybridized carbons (Fsp3) is 0.353. The molecule has 44 heavy (non-hydrogen) atoms. The number of nitrogens with zero attached hydrogens (tertiary/aromatic N) is 2. The number of ketones is 1. The maximum absolute atomic E-state index is 13.8. The molecule has 4 atom stereocenters. The van der Waals surface area contributed by atoms with Crippen LogP contribution in [0.2, 0.25) is 0 Å². The second-order valence-electron chi connectivity index (χ2n) is 11.2. The third kappa shape index (κ3) is 7.42. The number of benzene rings is 3. The standard InChI is InChI=1S/C34H38N4O5S/c1-21(14-26(40)20-35-22(2)39)23-8-7-9-29(15-23)44(41)33-13-12-24(33)16-32-34(38-31-11-6-5-10-30(31)37-32)36-25-17-27(42-3)19-28(18-25)43-4/h5-11,15,17-19,21,24,33H,12-14,16,20H2,1-4H3,(H,35,39)(H,36,38). The largest absolute Gasteiger partial charge is 0.497 e. The monoisotopic (exact) mass is 614 g/mol. The molecule has 4 unspecified atom stereocenters. The van der Waals surface area contributed by atoms with Crippen molar-refractivity contribution in [2.45, 2.75) is 55.6 Å². The fourth-order valence-electron chi connectivity index (χ4n) is 5.47. The molecular weight excluding hydrogens is 576 g/mol. The van der Waals surface area contributed by atoms with Crippen LogP contribution in [0, 0.1) is 5.92 Å². The van der Waals surface area contributed by atoms with Crippen molar-refractivity contribution in [1.29, 1.82) is 0 Å². The van der Waals surface area contributed by atoms with E-state index in [1.807, 2.05) is 73.7 Å². The number of fused-ring (bicyclic) bond motifs is 1. The molecule has 2 N–H and O–H groups in total. The summed E-state index contributed by atoms with van der Waals surface area (Å²) in [6.07, 6.45) is 2.75. The molecule has 1 amide bonds. The summed E-state index contributed by atoms with van der Waals surface area (Å²) in [4.78, 5) is 34.1. The lowest BCUT2D eigenvalue weighted by molar-refractivity contribution is -0.124. The number of methoxy groups -OCH3 is 2. The predicted molar refractivity (Wildman–Crippen MR) is 172 cm³/mol. The van der Waals surface area contributed by atoms with Crippen LogP contribution < -0.4 is 20.1 Å². The van der Waals surface area contributed by atoms with Crippen molar-refractivity contribution in [1.82, 2.24) is 15.3 Å². The Morgan fingerprint density at radius 3 is 2.30 bits per heavy atom. The highest BCUT2D eigenvalue weighted by Gasteiger charge is 2.37. The topological polar surface area (TPSA) is 120 Å². The summed E-state index contributed by atoms with van der Waals surface area (Å²) < 4.78 is 24.7. The normalized spacial score (nSPS) is 17.3. The lowest BCUT2D eigenvalue weighted by atomic mass is 9.81. The first-order valence-corrected chi connectivity index (χ1v) is 16.0. The minimum absolute atomic E-state index is 0.0139. The number of aromatic nitrogens is 2. The zero-order valence-electron chi connectivity index (χ0n) is 25.5. The number of amides is 1. The summed E-state index contributed by atoms with van der Waals surface area (Å²) in [5.41, 5.74) is 4.13. The van der Waals surface area contributed by atoms with E-state index >= 15 is 0 Å². The molecule has 230 valence electrons. The fourth-order valence-corrected chi connectivity index (χ4v) is 7.22. The van der Waals surface area contributed by atoms with Crippen molar-refractivity contribution in [2.75, 3.05) is 26.1 Å². The van der Waals surface area contributed by atoms with Gasteiger partial charge in [0.2, 0.25) is 5.91 Å². The number of carbonyl (C=O) groups is 2. The van der Waals surface area contributed by atoms with Crippen LogP contribution >= 0.6 is 0 Å². The molecule has 9 nitrogen and oxygen atoms in total. The molecule has 3 aromatic carbocycles. The van der Waals surface area contributed by atoms with Gasteiger partial charge in [0.25, 0.3) is 0 Å². The number of para-hydroxylation sites is 2. The molecule has 0 saturated heterocycles. The van der Waals surface area contributed by atoms with Gasteiger partial charge in [-0.15, -0.1) is 0 Å². The van der Waals surface area contributed by atoms with Gasteiger partial charge in [0.15, 0.2) is 11.6 Å². The van der Waals surface area contributed by atoms with Crippen LogP contribution in [0.5, 0.6) is 11.5 Å². The summed E-state index contributed by atoms with van der Waals surface area (Å²) in [6, 6.07) is 21.1. The van der Waals surface area contributed by atoms with Gasteiger partial charge in [-0.25, -0.2) is 9.97 Å². The van der Waals surface area contributed by atoms with Gasteiger partial charge in [-0.05, 0) is 60.9 Å². The minimum atomic E-state index is -1.22. The van der Waals surface area contributed by atoms with E-state index in [1.54, 1.807) is 14.2 Å². The number of anilines is 2. The Labute approximate surface area is 260 Å². The molecule has 5 rings (SSSR count). The Morgan fingerprint density at radius 2 is 1.66 bits per heavy atom. The number of carbonyl (C=O) groups excluding carboxylic acids is 2. The van der Waals surface area contributed by atoms with Crippen molar-refractivity contribution >= 4 is 45.0 Å². The van der Waals surface area contributed by atoms with Crippen LogP contribution in [-0.2, 0) is 26.8 Å². The zero-order chi connectivity index (χ0) is 31.2. The minimum Gasteiger partial charge on any atom is -0.497 e. The molecule has 1 aromatic heterocycles. The highest BCUT2D eigenvalue weighted by molar-refractivity contribution is 7.85. The van der Waals surface area contributed by atoms with E-state index in [0.29, 0.717) is 30.2 Å². The molecule has 0 bridgehead atoms. The first kappa shape index (κ1) is 31.1. The van der Waals surface area contributed by atoms with Crippen molar-refractivity contribution < 1.29 is 23.3 Å². The van der Waals surface area contributed by atoms with E-state index in [4.69, 9.17) is 19.4 Å². The molecular formula is C34H38N4O5S. The molecule has 4 aromatic rings. The van der Waals surface area contributed by atoms with E-state index in [1.165, 1.54) is 6.92 Å². The SMILES string of the molecule is COc1cc(Nc2nc3ccccc3nc2CC2CCC2S(=O)c2cccc(C(C)CC(=O)CNC(C)=O)c2)cc(OC)c1. The summed E-state index contributed by atoms with van der Waals surface area (Å²) in [7, 11) is 2.01. The van der Waals surface area contributed by atoms with Crippen LogP contribution in [0.15, 0.2) is 71.6 Å². The average molecular weight is 615 g/mol. The highest BCUT2D eigenvalue weighted by Crippen LogP contribution is 2.39. The van der Waals surface area contributed by atoms with Crippen LogP contribution in [-0.4, -0.2) is 51.9 Å². The first-order valence-electron chi connectivity index (χ1n) is 14.8. The van der Waals surface area contributed by atoms with Gasteiger partial charge in [-0.1, -0.05) is 31.2 Å². The number of rotatable bonds is 13. The number of nitrogens with one attached hydrogen (secondary N) is 2. The Hall–Kier alpha value is -4.31. The van der Waals surface area contributed by atoms with Crippen molar-refractivity contribution in [3.05, 3.63) is 78.0 Å². The van der Waals surface area contributed by atoms with Gasteiger partial charge in [0.05, 0.1) is 48.3 Å². The molecule has 1 heterocycles. The predicted octanol–water partition coefficient (Wildman–Crippen LogP) is 5.72. The second kappa shape index (κ2) is 14.0. The third-order valence-corrected chi connectivity index (χ3v) is 9.95. The smallest absolute Gasteiger partial charge is 0.217 e. The Bertz CT molecular complexity index is 1670. The van der Waals surface area contributed by atoms with Crippen molar-refractivity contribution in [3.8, 4) is 11.5 Å². The third-order valence-electron chi connectivity index (χ3n) is 8.06. The molecule has 1 aliphatic carbocycles. The molecule has 0 radical (unpaired) electrons. The van der Waals surface area contributed by atoms with E-state index in [2.05, 4.69) is 10.6 Å². The van der Waals surface area contributed by atoms with E-state index in [0.717, 1.165) is 45.7 Å². The molecule has 1 fully saturated rings. The lowest BCUT2D eigenvalue weighted by Gasteiger charge is -2.36. The van der Waals surface area contributed by atoms with Crippen LogP contribution in [0.4, 0.5) is 11.5 Å². The molecule has 1 aliphatic rings. The van der Waals surface area contributed by atoms with Crippen LogP contribution in [0.25, 0.3) is 11.0 Å². The van der Waals surface area contributed by atoms with Gasteiger partial charge in [-0.2, -0.15) is 0 Å². The summed E-state index contributed by atoms with van der Waals surface area (Å²) in [5.74, 6) is 1.82. The summed E-state index contributed by atoms with van der Waals surface area (Å²) in [6.45, 7) is 3.39. The van der Waals surface area contributed by atoms with Gasteiger partial charge < -0.3 is 20.1 Å². The molecule has 1 saturated carbocycles. The Morgan fingerprint density at radius 1 is 0.955 bits per heavy atom. The number of ether oxygens (including phenoxy) is 2. The van der Waals surface area contributed by atoms with E-state index in [9.17, 15) is 13.8 Å². The van der Waals surface area contributed by atoms with E-state index < -0.39 is 10.8 Å². The highest BCUT2D eigenvalue weighted by atomic mass is 32.2. The van der Waals surface area contributed by atoms with Crippen molar-refractivity contribution in [2.24, 2.45) is 5.92 Å². The maximum Gasteiger partial charge on any atom is 0.217 e. The van der Waals surface area contributed by atoms with Crippen LogP contribution in [0.1, 0.15) is 50.3 Å². The number of hydrogen-bond donors (Lipinski definition) is 2. The Balaban J connectivity index is 1.34. The number of hydrogen-bond acceptors (Lipinski definition) is 8. The molecule has 0 aliphatic heterocycles. The van der Waals surface area contributed by atoms with E-state index in [-0.39, 0.29) is 35.3 Å². The van der Waals surface area contributed by atoms with Gasteiger partial charge in [0.1, 0.15) is 11.5 Å². The quantitative estimate of drug-likeness (QED) is 0.196. The molecule has 10 heteroatoms. The van der Waals surface area contributed by atoms with Gasteiger partial charge >= 0.3 is 0 Å². The zero-order valence-corrected chi connectivity index (χ0v) is 26.3. The maximum atomic E-state index is 13.8. The Kier molecular flexibility index (Phi) is 9.89. The van der Waals surface area contributed by atoms with Gasteiger partial charge in [-0.3, -0.25) is 13.8 Å². The average Bonchev–Trinajstić information content (AvgIpc) is 3.01. The first-order chi connectivity index (χ1) is 21.2. The lowest BCUT2D eigenvalue weighted by Crippen LogP contribution is -2.37.